The van der Waals surface area contributed by atoms with Gasteiger partial charge in [0.25, 0.3) is 0 Å². The Kier molecular flexibility index (Phi) is 4.62. The van der Waals surface area contributed by atoms with Gasteiger partial charge in [-0.25, -0.2) is 4.98 Å². The summed E-state index contributed by atoms with van der Waals surface area (Å²) in [5, 5.41) is 6.32. The summed E-state index contributed by atoms with van der Waals surface area (Å²) in [5.74, 6) is 2.19. The minimum Gasteiger partial charge on any atom is -0.370 e. The molecule has 5 nitrogen and oxygen atoms in total. The number of rotatable bonds is 6. The summed E-state index contributed by atoms with van der Waals surface area (Å²) in [7, 11) is 0. The number of anilines is 1. The number of aryl methyl sites for hydroxylation is 1. The van der Waals surface area contributed by atoms with Crippen LogP contribution in [0.4, 0.5) is 5.82 Å². The molecular weight excluding hydrogens is 276 g/mol. The van der Waals surface area contributed by atoms with Crippen LogP contribution in [0.5, 0.6) is 0 Å². The number of nitrogens with two attached hydrogens (primary N) is 1. The van der Waals surface area contributed by atoms with Gasteiger partial charge in [-0.2, -0.15) is 0 Å². The van der Waals surface area contributed by atoms with Crippen LogP contribution in [0, 0.1) is 24.7 Å². The molecule has 2 aliphatic rings. The first-order chi connectivity index (χ1) is 10.6. The average molecular weight is 302 g/mol. The maximum absolute atomic E-state index is 12.3. The molecule has 2 saturated carbocycles. The van der Waals surface area contributed by atoms with E-state index in [9.17, 15) is 4.79 Å². The van der Waals surface area contributed by atoms with Crippen LogP contribution in [0.3, 0.4) is 0 Å². The SMILES string of the molecule is Cc1ccc(NCCCNC(=O)C2C3CCC(C3)C2N)nc1. The molecule has 1 aromatic heterocycles. The van der Waals surface area contributed by atoms with Crippen molar-refractivity contribution in [1.82, 2.24) is 10.3 Å². The molecule has 2 bridgehead atoms. The van der Waals surface area contributed by atoms with Gasteiger partial charge in [-0.15, -0.1) is 0 Å². The van der Waals surface area contributed by atoms with E-state index in [0.29, 0.717) is 18.4 Å². The predicted molar refractivity (Wildman–Crippen MR) is 87.4 cm³/mol. The third-order valence-corrected chi connectivity index (χ3v) is 5.15. The molecule has 120 valence electrons. The van der Waals surface area contributed by atoms with E-state index in [0.717, 1.165) is 30.8 Å². The zero-order valence-electron chi connectivity index (χ0n) is 13.2. The normalized spacial score (nSPS) is 29.5. The van der Waals surface area contributed by atoms with E-state index >= 15 is 0 Å². The van der Waals surface area contributed by atoms with Gasteiger partial charge in [-0.05, 0) is 56.1 Å². The quantitative estimate of drug-likeness (QED) is 0.699. The lowest BCUT2D eigenvalue weighted by atomic mass is 9.84. The number of amides is 1. The lowest BCUT2D eigenvalue weighted by molar-refractivity contribution is -0.127. The maximum Gasteiger partial charge on any atom is 0.224 e. The van der Waals surface area contributed by atoms with Gasteiger partial charge in [-0.1, -0.05) is 6.07 Å². The minimum atomic E-state index is 0.0467. The first-order valence-corrected chi connectivity index (χ1v) is 8.35. The molecule has 1 amide bonds. The number of aromatic nitrogens is 1. The fourth-order valence-electron chi connectivity index (χ4n) is 3.93. The molecule has 2 fully saturated rings. The third-order valence-electron chi connectivity index (χ3n) is 5.15. The maximum atomic E-state index is 12.3. The molecular formula is C17H26N4O. The number of hydrogen-bond acceptors (Lipinski definition) is 4. The highest BCUT2D eigenvalue weighted by Crippen LogP contribution is 2.47. The lowest BCUT2D eigenvalue weighted by Gasteiger charge is -2.27. The van der Waals surface area contributed by atoms with E-state index < -0.39 is 0 Å². The van der Waals surface area contributed by atoms with Crippen molar-refractivity contribution in [1.29, 1.82) is 0 Å². The Morgan fingerprint density at radius 2 is 2.14 bits per heavy atom. The van der Waals surface area contributed by atoms with Gasteiger partial charge in [0.2, 0.25) is 5.91 Å². The van der Waals surface area contributed by atoms with Crippen LogP contribution >= 0.6 is 0 Å². The fraction of sp³-hybridized carbons (Fsp3) is 0.647. The largest absolute Gasteiger partial charge is 0.370 e. The molecule has 3 rings (SSSR count). The number of fused-ring (bicyclic) bond motifs is 2. The monoisotopic (exact) mass is 302 g/mol. The first kappa shape index (κ1) is 15.3. The van der Waals surface area contributed by atoms with Crippen molar-refractivity contribution < 1.29 is 4.79 Å². The highest BCUT2D eigenvalue weighted by molar-refractivity contribution is 5.80. The molecule has 0 saturated heterocycles. The van der Waals surface area contributed by atoms with Crippen molar-refractivity contribution in [2.45, 2.75) is 38.6 Å². The number of hydrogen-bond donors (Lipinski definition) is 3. The summed E-state index contributed by atoms with van der Waals surface area (Å²) in [6.07, 6.45) is 6.28. The molecule has 22 heavy (non-hydrogen) atoms. The van der Waals surface area contributed by atoms with Crippen molar-refractivity contribution in [2.24, 2.45) is 23.5 Å². The van der Waals surface area contributed by atoms with Crippen molar-refractivity contribution in [3.8, 4) is 0 Å². The first-order valence-electron chi connectivity index (χ1n) is 8.35. The second-order valence-electron chi connectivity index (χ2n) is 6.73. The zero-order chi connectivity index (χ0) is 15.5. The Labute approximate surface area is 132 Å². The van der Waals surface area contributed by atoms with E-state index in [1.54, 1.807) is 0 Å². The zero-order valence-corrected chi connectivity index (χ0v) is 13.2. The summed E-state index contributed by atoms with van der Waals surface area (Å²) < 4.78 is 0. The molecule has 4 unspecified atom stereocenters. The summed E-state index contributed by atoms with van der Waals surface area (Å²) >= 11 is 0. The standard InChI is InChI=1S/C17H26N4O/c1-11-3-6-14(21-10-11)19-7-2-8-20-17(22)15-12-4-5-13(9-12)16(15)18/h3,6,10,12-13,15-16H,2,4-5,7-9,18H2,1H3,(H,19,21)(H,20,22). The molecule has 0 spiro atoms. The predicted octanol–water partition coefficient (Wildman–Crippen LogP) is 1.68. The van der Waals surface area contributed by atoms with Crippen molar-refractivity contribution in [2.75, 3.05) is 18.4 Å². The number of nitrogens with one attached hydrogen (secondary N) is 2. The minimum absolute atomic E-state index is 0.0467. The molecule has 0 aliphatic heterocycles. The van der Waals surface area contributed by atoms with Gasteiger partial charge in [0.1, 0.15) is 5.82 Å². The second-order valence-corrected chi connectivity index (χ2v) is 6.73. The van der Waals surface area contributed by atoms with E-state index in [1.807, 2.05) is 25.3 Å². The molecule has 1 heterocycles. The Hall–Kier alpha value is -1.62. The summed E-state index contributed by atoms with van der Waals surface area (Å²) in [5.41, 5.74) is 7.36. The number of carbonyl (C=O) groups excluding carboxylic acids is 1. The van der Waals surface area contributed by atoms with Gasteiger partial charge in [-0.3, -0.25) is 4.79 Å². The Bertz CT molecular complexity index is 514. The van der Waals surface area contributed by atoms with E-state index in [1.165, 1.54) is 12.8 Å². The summed E-state index contributed by atoms with van der Waals surface area (Å²) in [4.78, 5) is 16.6. The Morgan fingerprint density at radius 1 is 1.32 bits per heavy atom. The van der Waals surface area contributed by atoms with Gasteiger partial charge in [0.15, 0.2) is 0 Å². The third kappa shape index (κ3) is 3.24. The summed E-state index contributed by atoms with van der Waals surface area (Å²) in [6, 6.07) is 4.09. The van der Waals surface area contributed by atoms with E-state index in [-0.39, 0.29) is 17.9 Å². The highest BCUT2D eigenvalue weighted by atomic mass is 16.1. The van der Waals surface area contributed by atoms with Crippen molar-refractivity contribution in [3.05, 3.63) is 23.9 Å². The molecule has 4 N–H and O–H groups in total. The van der Waals surface area contributed by atoms with Crippen LogP contribution < -0.4 is 16.4 Å². The topological polar surface area (TPSA) is 80.0 Å². The molecule has 2 aliphatic carbocycles. The average Bonchev–Trinajstić information content (AvgIpc) is 3.09. The molecule has 1 aromatic rings. The van der Waals surface area contributed by atoms with Crippen LogP contribution in [0.25, 0.3) is 0 Å². The molecule has 0 aromatic carbocycles. The summed E-state index contributed by atoms with van der Waals surface area (Å²) in [6.45, 7) is 3.52. The van der Waals surface area contributed by atoms with Crippen molar-refractivity contribution in [3.63, 3.8) is 0 Å². The lowest BCUT2D eigenvalue weighted by Crippen LogP contribution is -2.45. The second kappa shape index (κ2) is 6.65. The van der Waals surface area contributed by atoms with Crippen LogP contribution in [-0.2, 0) is 4.79 Å². The fourth-order valence-corrected chi connectivity index (χ4v) is 3.93. The van der Waals surface area contributed by atoms with Gasteiger partial charge < -0.3 is 16.4 Å². The molecule has 5 heteroatoms. The smallest absolute Gasteiger partial charge is 0.224 e. The molecule has 4 atom stereocenters. The number of pyridine rings is 1. The van der Waals surface area contributed by atoms with Crippen LogP contribution in [0.2, 0.25) is 0 Å². The number of carbonyl (C=O) groups is 1. The Morgan fingerprint density at radius 3 is 2.82 bits per heavy atom. The van der Waals surface area contributed by atoms with Crippen LogP contribution in [-0.4, -0.2) is 30.0 Å². The number of nitrogens with zero attached hydrogens (tertiary/aromatic N) is 1. The van der Waals surface area contributed by atoms with E-state index in [4.69, 9.17) is 5.73 Å². The van der Waals surface area contributed by atoms with Gasteiger partial charge in [0, 0.05) is 25.3 Å². The molecule has 0 radical (unpaired) electrons. The van der Waals surface area contributed by atoms with Gasteiger partial charge in [0.05, 0.1) is 5.92 Å². The Balaban J connectivity index is 1.35. The van der Waals surface area contributed by atoms with E-state index in [2.05, 4.69) is 15.6 Å². The van der Waals surface area contributed by atoms with Gasteiger partial charge >= 0.3 is 0 Å². The highest BCUT2D eigenvalue weighted by Gasteiger charge is 2.48. The van der Waals surface area contributed by atoms with Crippen LogP contribution in [0.1, 0.15) is 31.2 Å². The van der Waals surface area contributed by atoms with Crippen LogP contribution in [0.15, 0.2) is 18.3 Å². The van der Waals surface area contributed by atoms with Crippen molar-refractivity contribution >= 4 is 11.7 Å².